The predicted molar refractivity (Wildman–Crippen MR) is 130 cm³/mol. The van der Waals surface area contributed by atoms with Crippen LogP contribution < -0.4 is 5.32 Å². The van der Waals surface area contributed by atoms with Gasteiger partial charge in [0.15, 0.2) is 0 Å². The number of nitrogens with zero attached hydrogens (tertiary/aromatic N) is 3. The van der Waals surface area contributed by atoms with Crippen molar-refractivity contribution in [2.45, 2.75) is 45.2 Å². The average Bonchev–Trinajstić information content (AvgIpc) is 3.38. The Hall–Kier alpha value is -1.91. The zero-order chi connectivity index (χ0) is 21.8. The first kappa shape index (κ1) is 28.1. The van der Waals surface area contributed by atoms with Gasteiger partial charge in [-0.15, -0.1) is 0 Å². The highest BCUT2D eigenvalue weighted by atomic mass is 35.5. The quantitative estimate of drug-likeness (QED) is 0.605. The number of carbonyl (C=O) groups excluding carboxylic acids is 3. The van der Waals surface area contributed by atoms with E-state index in [0.29, 0.717) is 37.2 Å². The molecule has 32 heavy (non-hydrogen) atoms. The summed E-state index contributed by atoms with van der Waals surface area (Å²) >= 11 is 5.79. The van der Waals surface area contributed by atoms with Crippen LogP contribution in [-0.2, 0) is 20.8 Å². The van der Waals surface area contributed by atoms with Crippen LogP contribution in [0.3, 0.4) is 0 Å². The lowest BCUT2D eigenvalue weighted by atomic mass is 9.92. The van der Waals surface area contributed by atoms with E-state index in [1.165, 1.54) is 23.1 Å². The molecule has 1 fully saturated rings. The minimum atomic E-state index is -0.713. The fourth-order valence-electron chi connectivity index (χ4n) is 3.88. The molecule has 0 saturated carbocycles. The molecular weight excluding hydrogens is 475 g/mol. The number of Topliss-reactive ketones (excluding diaryl/α,β-unsaturated/α-hetero) is 1. The maximum absolute atomic E-state index is 13.3. The summed E-state index contributed by atoms with van der Waals surface area (Å²) in [6.07, 6.45) is 2.97. The van der Waals surface area contributed by atoms with E-state index in [1.807, 2.05) is 13.0 Å². The number of rotatable bonds is 6. The molecule has 1 unspecified atom stereocenters. The molecule has 1 aromatic carbocycles. The summed E-state index contributed by atoms with van der Waals surface area (Å²) < 4.78 is 13.3. The second kappa shape index (κ2) is 12.4. The normalized spacial score (nSPS) is 20.1. The minimum Gasteiger partial charge on any atom is -0.339 e. The Labute approximate surface area is 205 Å². The smallest absolute Gasteiger partial charge is 0.312 e. The molecule has 0 spiro atoms. The Kier molecular flexibility index (Phi) is 10.9. The van der Waals surface area contributed by atoms with Gasteiger partial charge in [-0.25, -0.2) is 4.39 Å². The summed E-state index contributed by atoms with van der Waals surface area (Å²) in [5.41, 5.74) is 1.27. The lowest BCUT2D eigenvalue weighted by molar-refractivity contribution is -0.147. The van der Waals surface area contributed by atoms with Gasteiger partial charge in [0.2, 0.25) is 0 Å². The highest BCUT2D eigenvalue weighted by Crippen LogP contribution is 2.27. The second-order valence-corrected chi connectivity index (χ2v) is 7.92. The van der Waals surface area contributed by atoms with E-state index in [-0.39, 0.29) is 56.2 Å². The lowest BCUT2D eigenvalue weighted by Gasteiger charge is -2.25. The first-order valence-corrected chi connectivity index (χ1v) is 10.3. The number of benzene rings is 1. The fraction of sp³-hybridized carbons (Fsp3) is 0.476. The van der Waals surface area contributed by atoms with Crippen molar-refractivity contribution in [3.8, 4) is 0 Å². The average molecular weight is 503 g/mol. The summed E-state index contributed by atoms with van der Waals surface area (Å²) in [7, 11) is 0. The summed E-state index contributed by atoms with van der Waals surface area (Å²) in [5.74, 6) is -2.36. The molecule has 2 amide bonds. The van der Waals surface area contributed by atoms with E-state index < -0.39 is 23.7 Å². The highest BCUT2D eigenvalue weighted by molar-refractivity contribution is 7.59. The third kappa shape index (κ3) is 6.32. The van der Waals surface area contributed by atoms with Crippen molar-refractivity contribution in [2.75, 3.05) is 13.1 Å². The van der Waals surface area contributed by atoms with Crippen molar-refractivity contribution in [2.24, 2.45) is 16.1 Å². The Morgan fingerprint density at radius 2 is 2.03 bits per heavy atom. The Morgan fingerprint density at radius 1 is 1.31 bits per heavy atom. The molecule has 0 bridgehead atoms. The summed E-state index contributed by atoms with van der Waals surface area (Å²) in [6, 6.07) is 3.41. The first-order chi connectivity index (χ1) is 14.3. The van der Waals surface area contributed by atoms with Crippen LogP contribution in [0.5, 0.6) is 0 Å². The van der Waals surface area contributed by atoms with E-state index >= 15 is 0 Å². The van der Waals surface area contributed by atoms with Crippen LogP contribution in [0, 0.1) is 11.7 Å². The first-order valence-electron chi connectivity index (χ1n) is 9.97. The van der Waals surface area contributed by atoms with Crippen LogP contribution in [0.1, 0.15) is 32.3 Å². The van der Waals surface area contributed by atoms with Gasteiger partial charge in [-0.2, -0.15) is 37.2 Å². The maximum atomic E-state index is 13.3. The van der Waals surface area contributed by atoms with Gasteiger partial charge in [0.25, 0.3) is 0 Å². The van der Waals surface area contributed by atoms with E-state index in [1.54, 1.807) is 6.92 Å². The number of likely N-dealkylation sites (tertiary alicyclic amines) is 1. The van der Waals surface area contributed by atoms with Crippen LogP contribution in [0.2, 0.25) is 5.02 Å². The van der Waals surface area contributed by atoms with E-state index in [0.717, 1.165) is 0 Å². The molecule has 2 aliphatic rings. The zero-order valence-corrected chi connectivity index (χ0v) is 20.7. The molecule has 1 aromatic rings. The number of azo groups is 1. The van der Waals surface area contributed by atoms with Gasteiger partial charge in [-0.3, -0.25) is 14.4 Å². The Bertz CT molecular complexity index is 928. The standard InChI is InChI=1S/C21H24ClFN4O3.2H2S/c1-3-17(18-6-8-24-26-18)25-20(29)21(30)27-9-7-14(12(27)2)19(28)11-13-4-5-16(23)15(22)10-13;;/h4-6,10,12,14,17H,3,7-9,11H2,1-2H3,(H,25,29);2*1H2/t12-,14-,17?;;/m0../s1. The topological polar surface area (TPSA) is 91.2 Å². The van der Waals surface area contributed by atoms with E-state index in [2.05, 4.69) is 15.5 Å². The number of ketones is 1. The number of hydrogen-bond acceptors (Lipinski definition) is 5. The molecule has 11 heteroatoms. The van der Waals surface area contributed by atoms with Gasteiger partial charge >= 0.3 is 11.8 Å². The molecule has 2 heterocycles. The van der Waals surface area contributed by atoms with Crippen molar-refractivity contribution in [1.29, 1.82) is 0 Å². The Balaban J connectivity index is 0.00000256. The molecule has 0 radical (unpaired) electrons. The summed E-state index contributed by atoms with van der Waals surface area (Å²) in [5, 5.41) is 10.5. The summed E-state index contributed by atoms with van der Waals surface area (Å²) in [6.45, 7) is 4.46. The van der Waals surface area contributed by atoms with Gasteiger partial charge in [-0.05, 0) is 43.5 Å². The molecule has 1 saturated heterocycles. The molecule has 0 aromatic heterocycles. The molecule has 2 aliphatic heterocycles. The van der Waals surface area contributed by atoms with Gasteiger partial charge < -0.3 is 10.2 Å². The third-order valence-electron chi connectivity index (χ3n) is 5.62. The fourth-order valence-corrected chi connectivity index (χ4v) is 4.09. The van der Waals surface area contributed by atoms with Gasteiger partial charge in [-0.1, -0.05) is 24.6 Å². The molecule has 1 N–H and O–H groups in total. The van der Waals surface area contributed by atoms with Crippen LogP contribution in [0.4, 0.5) is 4.39 Å². The highest BCUT2D eigenvalue weighted by Gasteiger charge is 2.40. The summed E-state index contributed by atoms with van der Waals surface area (Å²) in [4.78, 5) is 39.4. The molecule has 3 atom stereocenters. The zero-order valence-electron chi connectivity index (χ0n) is 17.9. The molecule has 7 nitrogen and oxygen atoms in total. The van der Waals surface area contributed by atoms with Crippen LogP contribution in [0.25, 0.3) is 0 Å². The number of halogens is 2. The van der Waals surface area contributed by atoms with Crippen molar-refractivity contribution in [3.05, 3.63) is 46.4 Å². The lowest BCUT2D eigenvalue weighted by Crippen LogP contribution is -2.48. The largest absolute Gasteiger partial charge is 0.339 e. The van der Waals surface area contributed by atoms with E-state index in [4.69, 9.17) is 11.6 Å². The molecule has 0 aliphatic carbocycles. The molecule has 3 rings (SSSR count). The second-order valence-electron chi connectivity index (χ2n) is 7.51. The van der Waals surface area contributed by atoms with Crippen LogP contribution in [0.15, 0.2) is 40.2 Å². The molecule has 176 valence electrons. The van der Waals surface area contributed by atoms with Crippen LogP contribution in [-0.4, -0.2) is 47.7 Å². The van der Waals surface area contributed by atoms with Crippen molar-refractivity contribution in [3.63, 3.8) is 0 Å². The maximum Gasteiger partial charge on any atom is 0.312 e. The Morgan fingerprint density at radius 3 is 2.62 bits per heavy atom. The predicted octanol–water partition coefficient (Wildman–Crippen LogP) is 3.30. The monoisotopic (exact) mass is 502 g/mol. The molecular formula is C21H28ClFN4O3S2. The van der Waals surface area contributed by atoms with Gasteiger partial charge in [0, 0.05) is 24.9 Å². The number of amides is 2. The number of carbonyl (C=O) groups is 3. The number of hydrogen-bond donors (Lipinski definition) is 1. The SMILES string of the molecule is CCC(NC(=O)C(=O)N1CC[C@H](C(=O)Cc2ccc(F)c(Cl)c2)[C@@H]1C)C1=CCN=N1.S.S. The number of nitrogens with one attached hydrogen (secondary N) is 1. The third-order valence-corrected chi connectivity index (χ3v) is 5.91. The van der Waals surface area contributed by atoms with Crippen molar-refractivity contribution >= 4 is 56.2 Å². The van der Waals surface area contributed by atoms with Gasteiger partial charge in [0.1, 0.15) is 11.6 Å². The van der Waals surface area contributed by atoms with Crippen molar-refractivity contribution in [1.82, 2.24) is 10.2 Å². The van der Waals surface area contributed by atoms with Crippen LogP contribution >= 0.6 is 38.6 Å². The van der Waals surface area contributed by atoms with Crippen molar-refractivity contribution < 1.29 is 18.8 Å². The van der Waals surface area contributed by atoms with Gasteiger partial charge in [0.05, 0.1) is 23.3 Å². The minimum absolute atomic E-state index is 0. The van der Waals surface area contributed by atoms with E-state index in [9.17, 15) is 18.8 Å².